The van der Waals surface area contributed by atoms with Gasteiger partial charge in [-0.25, -0.2) is 4.39 Å². The van der Waals surface area contributed by atoms with Crippen LogP contribution < -0.4 is 4.90 Å². The highest BCUT2D eigenvalue weighted by molar-refractivity contribution is 6.51. The lowest BCUT2D eigenvalue weighted by atomic mass is 9.99. The molecule has 0 spiro atoms. The van der Waals surface area contributed by atoms with Crippen LogP contribution in [-0.4, -0.2) is 16.8 Å². The first-order chi connectivity index (χ1) is 14.0. The highest BCUT2D eigenvalue weighted by Crippen LogP contribution is 2.42. The Morgan fingerprint density at radius 1 is 1.07 bits per heavy atom. The summed E-state index contributed by atoms with van der Waals surface area (Å²) in [6.07, 6.45) is 2.28. The molecule has 5 nitrogen and oxygen atoms in total. The van der Waals surface area contributed by atoms with E-state index >= 15 is 0 Å². The predicted octanol–water partition coefficient (Wildman–Crippen LogP) is 4.61. The molecule has 2 heterocycles. The van der Waals surface area contributed by atoms with Gasteiger partial charge < -0.3 is 9.52 Å². The van der Waals surface area contributed by atoms with Gasteiger partial charge in [0.25, 0.3) is 11.7 Å². The normalized spacial score (nSPS) is 18.4. The van der Waals surface area contributed by atoms with Gasteiger partial charge in [0.15, 0.2) is 0 Å². The molecule has 0 aliphatic carbocycles. The third-order valence-corrected chi connectivity index (χ3v) is 5.00. The van der Waals surface area contributed by atoms with Crippen molar-refractivity contribution in [3.05, 3.63) is 95.2 Å². The Morgan fingerprint density at radius 2 is 1.76 bits per heavy atom. The number of aryl methyl sites for hydroxylation is 1. The number of aliphatic hydroxyl groups excluding tert-OH is 1. The van der Waals surface area contributed by atoms with E-state index in [9.17, 15) is 19.1 Å². The van der Waals surface area contributed by atoms with Gasteiger partial charge in [-0.3, -0.25) is 14.5 Å². The molecule has 1 atom stereocenters. The molecule has 1 fully saturated rings. The summed E-state index contributed by atoms with van der Waals surface area (Å²) in [4.78, 5) is 27.1. The quantitative estimate of drug-likeness (QED) is 0.401. The van der Waals surface area contributed by atoms with Crippen LogP contribution in [0.4, 0.5) is 10.1 Å². The number of rotatable bonds is 4. The number of nitrogens with zero attached hydrogens (tertiary/aromatic N) is 1. The molecule has 1 aromatic heterocycles. The topological polar surface area (TPSA) is 70.8 Å². The second kappa shape index (κ2) is 7.39. The van der Waals surface area contributed by atoms with Crippen molar-refractivity contribution in [2.24, 2.45) is 0 Å². The van der Waals surface area contributed by atoms with Crippen molar-refractivity contribution in [2.45, 2.75) is 19.4 Å². The average Bonchev–Trinajstić information content (AvgIpc) is 3.35. The first-order valence-electron chi connectivity index (χ1n) is 9.20. The van der Waals surface area contributed by atoms with Gasteiger partial charge in [-0.15, -0.1) is 0 Å². The number of amides is 1. The van der Waals surface area contributed by atoms with Gasteiger partial charge in [0.05, 0.1) is 11.8 Å². The van der Waals surface area contributed by atoms with Gasteiger partial charge in [-0.2, -0.15) is 0 Å². The Kier molecular flexibility index (Phi) is 4.76. The summed E-state index contributed by atoms with van der Waals surface area (Å²) < 4.78 is 18.8. The summed E-state index contributed by atoms with van der Waals surface area (Å²) in [6, 6.07) is 14.7. The Balaban J connectivity index is 1.88. The van der Waals surface area contributed by atoms with Crippen LogP contribution in [0.2, 0.25) is 0 Å². The summed E-state index contributed by atoms with van der Waals surface area (Å²) >= 11 is 0. The fraction of sp³-hybridized carbons (Fsp3) is 0.130. The molecule has 146 valence electrons. The Morgan fingerprint density at radius 3 is 2.34 bits per heavy atom. The predicted molar refractivity (Wildman–Crippen MR) is 106 cm³/mol. The van der Waals surface area contributed by atoms with Crippen molar-refractivity contribution in [1.82, 2.24) is 0 Å². The number of hydrogen-bond donors (Lipinski definition) is 1. The maximum absolute atomic E-state index is 13.3. The van der Waals surface area contributed by atoms with E-state index in [-0.39, 0.29) is 16.9 Å². The van der Waals surface area contributed by atoms with Gasteiger partial charge in [0.1, 0.15) is 23.4 Å². The number of halogens is 1. The Bertz CT molecular complexity index is 1080. The molecule has 6 heteroatoms. The zero-order valence-corrected chi connectivity index (χ0v) is 15.6. The summed E-state index contributed by atoms with van der Waals surface area (Å²) in [5.74, 6) is -2.10. The fourth-order valence-electron chi connectivity index (χ4n) is 3.47. The molecule has 1 amide bonds. The third-order valence-electron chi connectivity index (χ3n) is 5.00. The molecule has 1 saturated heterocycles. The van der Waals surface area contributed by atoms with Crippen LogP contribution in [0.15, 0.2) is 76.9 Å². The maximum atomic E-state index is 13.3. The molecular weight excluding hydrogens is 373 g/mol. The molecule has 0 radical (unpaired) electrons. The molecule has 1 aliphatic heterocycles. The van der Waals surface area contributed by atoms with Crippen molar-refractivity contribution < 1.29 is 23.5 Å². The first-order valence-corrected chi connectivity index (χ1v) is 9.20. The van der Waals surface area contributed by atoms with Crippen LogP contribution >= 0.6 is 0 Å². The SMILES string of the molecule is CCc1ccc(N2C(=O)C(=O)/C(=C(\O)c3ccc(F)cc3)C2c2ccco2)cc1. The van der Waals surface area contributed by atoms with Crippen LogP contribution in [0.1, 0.15) is 29.9 Å². The zero-order valence-electron chi connectivity index (χ0n) is 15.6. The maximum Gasteiger partial charge on any atom is 0.300 e. The fourth-order valence-corrected chi connectivity index (χ4v) is 3.47. The lowest BCUT2D eigenvalue weighted by Gasteiger charge is -2.23. The summed E-state index contributed by atoms with van der Waals surface area (Å²) in [5.41, 5.74) is 1.74. The summed E-state index contributed by atoms with van der Waals surface area (Å²) in [7, 11) is 0. The molecule has 0 bridgehead atoms. The van der Waals surface area contributed by atoms with Gasteiger partial charge in [-0.05, 0) is 60.5 Å². The number of furan rings is 1. The Labute approximate surface area is 166 Å². The third kappa shape index (κ3) is 3.23. The van der Waals surface area contributed by atoms with Gasteiger partial charge in [0.2, 0.25) is 0 Å². The van der Waals surface area contributed by atoms with Crippen molar-refractivity contribution >= 4 is 23.1 Å². The minimum atomic E-state index is -0.928. The van der Waals surface area contributed by atoms with Gasteiger partial charge in [-0.1, -0.05) is 19.1 Å². The minimum absolute atomic E-state index is 0.101. The second-order valence-electron chi connectivity index (χ2n) is 6.71. The number of anilines is 1. The minimum Gasteiger partial charge on any atom is -0.507 e. The monoisotopic (exact) mass is 391 g/mol. The molecule has 1 aliphatic rings. The first kappa shape index (κ1) is 18.7. The highest BCUT2D eigenvalue weighted by atomic mass is 19.1. The molecule has 0 saturated carbocycles. The molecular formula is C23H18FNO4. The molecule has 1 N–H and O–H groups in total. The number of ketones is 1. The lowest BCUT2D eigenvalue weighted by molar-refractivity contribution is -0.132. The number of hydrogen-bond acceptors (Lipinski definition) is 4. The molecule has 4 rings (SSSR count). The van der Waals surface area contributed by atoms with Crippen LogP contribution in [0.5, 0.6) is 0 Å². The molecule has 29 heavy (non-hydrogen) atoms. The smallest absolute Gasteiger partial charge is 0.300 e. The van der Waals surface area contributed by atoms with E-state index in [1.165, 1.54) is 35.4 Å². The highest BCUT2D eigenvalue weighted by Gasteiger charge is 2.48. The second-order valence-corrected chi connectivity index (χ2v) is 6.71. The molecule has 1 unspecified atom stereocenters. The largest absolute Gasteiger partial charge is 0.507 e. The van der Waals surface area contributed by atoms with Crippen LogP contribution in [0.25, 0.3) is 5.76 Å². The van der Waals surface area contributed by atoms with Gasteiger partial charge >= 0.3 is 0 Å². The van der Waals surface area contributed by atoms with Crippen molar-refractivity contribution in [3.8, 4) is 0 Å². The number of carbonyl (C=O) groups is 2. The van der Waals surface area contributed by atoms with E-state index in [2.05, 4.69) is 0 Å². The molecule has 3 aromatic rings. The van der Waals surface area contributed by atoms with E-state index in [4.69, 9.17) is 4.42 Å². The number of benzene rings is 2. The summed E-state index contributed by atoms with van der Waals surface area (Å²) in [6.45, 7) is 2.02. The van der Waals surface area contributed by atoms with E-state index in [0.717, 1.165) is 12.0 Å². The summed E-state index contributed by atoms with van der Waals surface area (Å²) in [5, 5.41) is 10.8. The van der Waals surface area contributed by atoms with Crippen molar-refractivity contribution in [3.63, 3.8) is 0 Å². The number of carbonyl (C=O) groups excluding carboxylic acids is 2. The van der Waals surface area contributed by atoms with Crippen LogP contribution in [0, 0.1) is 5.82 Å². The van der Waals surface area contributed by atoms with Crippen molar-refractivity contribution in [2.75, 3.05) is 4.90 Å². The van der Waals surface area contributed by atoms with Crippen LogP contribution in [-0.2, 0) is 16.0 Å². The van der Waals surface area contributed by atoms with Crippen molar-refractivity contribution in [1.29, 1.82) is 0 Å². The number of Topliss-reactive ketones (excluding diaryl/α,β-unsaturated/α-hetero) is 1. The van der Waals surface area contributed by atoms with E-state index in [1.807, 2.05) is 19.1 Å². The Hall–Kier alpha value is -3.67. The molecule has 2 aromatic carbocycles. The van der Waals surface area contributed by atoms with Crippen LogP contribution in [0.3, 0.4) is 0 Å². The zero-order chi connectivity index (χ0) is 20.5. The number of aliphatic hydroxyl groups is 1. The standard InChI is InChI=1S/C23H18FNO4/c1-2-14-5-11-17(12-6-14)25-20(18-4-3-13-29-18)19(22(27)23(25)28)21(26)15-7-9-16(24)10-8-15/h3-13,20,26H,2H2,1H3/b21-19-. The lowest BCUT2D eigenvalue weighted by Crippen LogP contribution is -2.29. The average molecular weight is 391 g/mol. The van der Waals surface area contributed by atoms with Gasteiger partial charge in [0, 0.05) is 11.3 Å². The van der Waals surface area contributed by atoms with E-state index in [0.29, 0.717) is 11.4 Å². The van der Waals surface area contributed by atoms with E-state index < -0.39 is 23.5 Å². The van der Waals surface area contributed by atoms with E-state index in [1.54, 1.807) is 24.3 Å².